The summed E-state index contributed by atoms with van der Waals surface area (Å²) in [7, 11) is 0. The fraction of sp³-hybridized carbons (Fsp3) is 0.778. The van der Waals surface area contributed by atoms with Crippen LogP contribution in [0.2, 0.25) is 0 Å². The van der Waals surface area contributed by atoms with Gasteiger partial charge < -0.3 is 14.7 Å². The van der Waals surface area contributed by atoms with Gasteiger partial charge in [0.1, 0.15) is 0 Å². The molecule has 0 aliphatic carbocycles. The molecule has 1 atom stereocenters. The van der Waals surface area contributed by atoms with Crippen LogP contribution in [0.4, 0.5) is 4.79 Å². The summed E-state index contributed by atoms with van der Waals surface area (Å²) in [5, 5.41) is 8.59. The molecule has 1 unspecified atom stereocenters. The van der Waals surface area contributed by atoms with Crippen molar-refractivity contribution in [2.45, 2.75) is 19.8 Å². The second-order valence-corrected chi connectivity index (χ2v) is 3.49. The van der Waals surface area contributed by atoms with Crippen molar-refractivity contribution in [3.8, 4) is 0 Å². The van der Waals surface area contributed by atoms with Crippen LogP contribution in [-0.2, 0) is 9.53 Å². The van der Waals surface area contributed by atoms with Gasteiger partial charge in [-0.2, -0.15) is 0 Å². The van der Waals surface area contributed by atoms with E-state index in [4.69, 9.17) is 9.84 Å². The minimum absolute atomic E-state index is 0.0630. The quantitative estimate of drug-likeness (QED) is 0.735. The summed E-state index contributed by atoms with van der Waals surface area (Å²) in [5.41, 5.74) is 0. The fourth-order valence-electron chi connectivity index (χ4n) is 1.54. The first-order chi connectivity index (χ1) is 6.63. The average molecular weight is 201 g/mol. The van der Waals surface area contributed by atoms with Crippen molar-refractivity contribution in [1.82, 2.24) is 4.90 Å². The van der Waals surface area contributed by atoms with Crippen LogP contribution in [0.3, 0.4) is 0 Å². The Hall–Kier alpha value is -1.26. The fourth-order valence-corrected chi connectivity index (χ4v) is 1.54. The number of carboxylic acids is 1. The number of carbonyl (C=O) groups excluding carboxylic acids is 1. The summed E-state index contributed by atoms with van der Waals surface area (Å²) in [6.07, 6.45) is 0.594. The molecule has 14 heavy (non-hydrogen) atoms. The number of aliphatic carboxylic acids is 1. The lowest BCUT2D eigenvalue weighted by atomic mass is 10.1. The second kappa shape index (κ2) is 4.83. The zero-order chi connectivity index (χ0) is 10.6. The van der Waals surface area contributed by atoms with Crippen LogP contribution < -0.4 is 0 Å². The molecule has 1 saturated heterocycles. The first-order valence-corrected chi connectivity index (χ1v) is 4.77. The van der Waals surface area contributed by atoms with Gasteiger partial charge in [0.05, 0.1) is 13.0 Å². The molecule has 1 aliphatic heterocycles. The number of rotatable bonds is 4. The van der Waals surface area contributed by atoms with Crippen molar-refractivity contribution in [3.63, 3.8) is 0 Å². The van der Waals surface area contributed by atoms with Crippen LogP contribution in [0.15, 0.2) is 0 Å². The largest absolute Gasteiger partial charge is 0.481 e. The molecule has 0 aromatic rings. The highest BCUT2D eigenvalue weighted by molar-refractivity contribution is 5.70. The average Bonchev–Trinajstić information content (AvgIpc) is 2.10. The topological polar surface area (TPSA) is 66.8 Å². The number of nitrogens with zero attached hydrogens (tertiary/aromatic N) is 1. The molecule has 1 aliphatic rings. The predicted molar refractivity (Wildman–Crippen MR) is 49.0 cm³/mol. The normalized spacial score (nSPS) is 21.9. The van der Waals surface area contributed by atoms with Crippen LogP contribution in [0.25, 0.3) is 0 Å². The van der Waals surface area contributed by atoms with Crippen molar-refractivity contribution in [2.24, 2.45) is 5.92 Å². The van der Waals surface area contributed by atoms with Crippen LogP contribution in [-0.4, -0.2) is 41.8 Å². The van der Waals surface area contributed by atoms with Crippen molar-refractivity contribution >= 4 is 12.1 Å². The summed E-state index contributed by atoms with van der Waals surface area (Å²) < 4.78 is 4.88. The van der Waals surface area contributed by atoms with Crippen molar-refractivity contribution in [2.75, 3.05) is 19.7 Å². The number of hydrogen-bond acceptors (Lipinski definition) is 3. The molecule has 0 bridgehead atoms. The Morgan fingerprint density at radius 1 is 1.71 bits per heavy atom. The number of ether oxygens (including phenoxy) is 1. The van der Waals surface area contributed by atoms with Gasteiger partial charge in [-0.25, -0.2) is 4.79 Å². The van der Waals surface area contributed by atoms with Gasteiger partial charge in [-0.15, -0.1) is 0 Å². The molecule has 1 N–H and O–H groups in total. The molecule has 0 aromatic carbocycles. The second-order valence-electron chi connectivity index (χ2n) is 3.49. The molecule has 0 spiro atoms. The number of cyclic esters (lactones) is 1. The third-order valence-corrected chi connectivity index (χ3v) is 2.14. The number of carbonyl (C=O) groups is 2. The predicted octanol–water partition coefficient (Wildman–Crippen LogP) is 0.940. The summed E-state index contributed by atoms with van der Waals surface area (Å²) in [4.78, 5) is 23.2. The van der Waals surface area contributed by atoms with E-state index in [9.17, 15) is 9.59 Å². The Kier molecular flexibility index (Phi) is 3.73. The molecule has 80 valence electrons. The van der Waals surface area contributed by atoms with E-state index >= 15 is 0 Å². The summed E-state index contributed by atoms with van der Waals surface area (Å²) >= 11 is 0. The molecular weight excluding hydrogens is 186 g/mol. The Balaban J connectivity index is 2.44. The number of carboxylic acid groups (broad SMARTS) is 1. The van der Waals surface area contributed by atoms with Crippen molar-refractivity contribution in [3.05, 3.63) is 0 Å². The van der Waals surface area contributed by atoms with E-state index in [1.54, 1.807) is 4.90 Å². The van der Waals surface area contributed by atoms with Crippen LogP contribution in [0.5, 0.6) is 0 Å². The molecule has 1 rings (SSSR count). The van der Waals surface area contributed by atoms with E-state index in [1.807, 2.05) is 6.92 Å². The van der Waals surface area contributed by atoms with E-state index < -0.39 is 5.97 Å². The van der Waals surface area contributed by atoms with Gasteiger partial charge in [-0.05, 0) is 6.42 Å². The summed E-state index contributed by atoms with van der Waals surface area (Å²) in [6, 6.07) is 0. The Labute approximate surface area is 82.6 Å². The van der Waals surface area contributed by atoms with Gasteiger partial charge in [0, 0.05) is 19.0 Å². The van der Waals surface area contributed by atoms with Gasteiger partial charge in [-0.3, -0.25) is 4.79 Å². The summed E-state index contributed by atoms with van der Waals surface area (Å²) in [5.74, 6) is -0.916. The van der Waals surface area contributed by atoms with Crippen LogP contribution in [0, 0.1) is 5.92 Å². The highest BCUT2D eigenvalue weighted by Gasteiger charge is 2.27. The minimum atomic E-state index is -0.843. The van der Waals surface area contributed by atoms with Gasteiger partial charge >= 0.3 is 12.1 Å². The van der Waals surface area contributed by atoms with Gasteiger partial charge in [0.2, 0.25) is 0 Å². The molecule has 0 aromatic heterocycles. The maximum Gasteiger partial charge on any atom is 0.409 e. The number of amides is 1. The van der Waals surface area contributed by atoms with E-state index in [0.717, 1.165) is 6.42 Å². The zero-order valence-electron chi connectivity index (χ0n) is 8.23. The smallest absolute Gasteiger partial charge is 0.409 e. The molecular formula is C9H15NO4. The molecule has 1 heterocycles. The SMILES string of the molecule is CCCN1CC(CC(=O)O)COC1=O. The Bertz CT molecular complexity index is 229. The lowest BCUT2D eigenvalue weighted by Crippen LogP contribution is -2.43. The van der Waals surface area contributed by atoms with Gasteiger partial charge in [-0.1, -0.05) is 6.92 Å². The maximum atomic E-state index is 11.2. The first-order valence-electron chi connectivity index (χ1n) is 4.77. The highest BCUT2D eigenvalue weighted by Crippen LogP contribution is 2.14. The van der Waals surface area contributed by atoms with Gasteiger partial charge in [0.15, 0.2) is 0 Å². The zero-order valence-corrected chi connectivity index (χ0v) is 8.23. The minimum Gasteiger partial charge on any atom is -0.481 e. The van der Waals surface area contributed by atoms with Crippen LogP contribution >= 0.6 is 0 Å². The molecule has 1 fully saturated rings. The third-order valence-electron chi connectivity index (χ3n) is 2.14. The molecule has 0 saturated carbocycles. The lowest BCUT2D eigenvalue weighted by Gasteiger charge is -2.31. The van der Waals surface area contributed by atoms with Crippen LogP contribution in [0.1, 0.15) is 19.8 Å². The summed E-state index contributed by atoms with van der Waals surface area (Å²) in [6.45, 7) is 3.33. The Morgan fingerprint density at radius 3 is 3.00 bits per heavy atom. The van der Waals surface area contributed by atoms with E-state index in [1.165, 1.54) is 0 Å². The molecule has 5 heteroatoms. The first kappa shape index (κ1) is 10.8. The molecule has 1 amide bonds. The maximum absolute atomic E-state index is 11.2. The molecule has 0 radical (unpaired) electrons. The highest BCUT2D eigenvalue weighted by atomic mass is 16.6. The van der Waals surface area contributed by atoms with Crippen molar-refractivity contribution < 1.29 is 19.4 Å². The number of hydrogen-bond donors (Lipinski definition) is 1. The lowest BCUT2D eigenvalue weighted by molar-refractivity contribution is -0.139. The van der Waals surface area contributed by atoms with Gasteiger partial charge in [0.25, 0.3) is 0 Å². The molecule has 5 nitrogen and oxygen atoms in total. The van der Waals surface area contributed by atoms with E-state index in [0.29, 0.717) is 13.1 Å². The standard InChI is InChI=1S/C9H15NO4/c1-2-3-10-5-7(4-8(11)12)6-14-9(10)13/h7H,2-6H2,1H3,(H,11,12). The van der Waals surface area contributed by atoms with E-state index in [2.05, 4.69) is 0 Å². The Morgan fingerprint density at radius 2 is 2.43 bits per heavy atom. The van der Waals surface area contributed by atoms with E-state index in [-0.39, 0.29) is 25.0 Å². The third kappa shape index (κ3) is 2.90. The monoisotopic (exact) mass is 201 g/mol. The van der Waals surface area contributed by atoms with Crippen molar-refractivity contribution in [1.29, 1.82) is 0 Å².